The number of carbonyl (C=O) groups is 1. The topological polar surface area (TPSA) is 81.1 Å². The van der Waals surface area contributed by atoms with Crippen LogP contribution in [0.5, 0.6) is 0 Å². The van der Waals surface area contributed by atoms with Gasteiger partial charge < -0.3 is 5.32 Å². The Morgan fingerprint density at radius 3 is 2.69 bits per heavy atom. The first kappa shape index (κ1) is 21.4. The molecule has 1 aromatic carbocycles. The van der Waals surface area contributed by atoms with E-state index in [1.54, 1.807) is 13.0 Å². The van der Waals surface area contributed by atoms with Crippen LogP contribution in [0.25, 0.3) is 6.08 Å². The van der Waals surface area contributed by atoms with E-state index in [9.17, 15) is 26.4 Å². The number of aryl methyl sites for hydroxylation is 1. The van der Waals surface area contributed by atoms with E-state index < -0.39 is 32.5 Å². The second-order valence-corrected chi connectivity index (χ2v) is 9.37. The molecule has 1 aliphatic heterocycles. The second-order valence-electron chi connectivity index (χ2n) is 6.73. The van der Waals surface area contributed by atoms with Gasteiger partial charge in [-0.3, -0.25) is 4.79 Å². The molecule has 1 atom stereocenters. The quantitative estimate of drug-likeness (QED) is 0.721. The van der Waals surface area contributed by atoms with E-state index in [2.05, 4.69) is 10.4 Å². The summed E-state index contributed by atoms with van der Waals surface area (Å²) < 4.78 is 63.7. The van der Waals surface area contributed by atoms with Gasteiger partial charge in [0.25, 0.3) is 0 Å². The van der Waals surface area contributed by atoms with Crippen molar-refractivity contribution in [3.8, 4) is 0 Å². The molecule has 0 aliphatic carbocycles. The third-order valence-electron chi connectivity index (χ3n) is 4.39. The maximum atomic E-state index is 12.9. The molecule has 1 fully saturated rings. The Hall–Kier alpha value is -2.33. The number of nitrogens with one attached hydrogen (secondary N) is 1. The van der Waals surface area contributed by atoms with E-state index in [1.165, 1.54) is 16.8 Å². The highest BCUT2D eigenvalue weighted by molar-refractivity contribution is 7.91. The van der Waals surface area contributed by atoms with E-state index in [4.69, 9.17) is 11.6 Å². The lowest BCUT2D eigenvalue weighted by Gasteiger charge is -2.13. The summed E-state index contributed by atoms with van der Waals surface area (Å²) in [6, 6.07) is 4.55. The molecule has 2 aromatic rings. The SMILES string of the molecule is Cc1cc(NC(=O)/C=C/c2ccc(Cl)c(C(F)(F)F)c2)n(C2CCS(=O)(=O)C2)n1. The number of hydrogen-bond acceptors (Lipinski definition) is 4. The lowest BCUT2D eigenvalue weighted by atomic mass is 10.1. The van der Waals surface area contributed by atoms with Crippen molar-refractivity contribution in [2.75, 3.05) is 16.8 Å². The fourth-order valence-corrected chi connectivity index (χ4v) is 4.98. The summed E-state index contributed by atoms with van der Waals surface area (Å²) in [6.07, 6.45) is -1.89. The molecular formula is C18H17ClF3N3O3S. The molecule has 0 spiro atoms. The van der Waals surface area contributed by atoms with Crippen LogP contribution in [0.3, 0.4) is 0 Å². The monoisotopic (exact) mass is 447 g/mol. The first-order chi connectivity index (χ1) is 13.4. The normalized spacial score (nSPS) is 19.0. The van der Waals surface area contributed by atoms with E-state index >= 15 is 0 Å². The van der Waals surface area contributed by atoms with Gasteiger partial charge in [-0.2, -0.15) is 18.3 Å². The van der Waals surface area contributed by atoms with Gasteiger partial charge in [-0.25, -0.2) is 13.1 Å². The molecule has 1 aliphatic rings. The number of sulfone groups is 1. The van der Waals surface area contributed by atoms with Crippen molar-refractivity contribution >= 4 is 39.2 Å². The Balaban J connectivity index is 1.75. The number of halogens is 4. The van der Waals surface area contributed by atoms with E-state index in [0.717, 1.165) is 18.2 Å². The summed E-state index contributed by atoms with van der Waals surface area (Å²) in [5.41, 5.74) is -0.234. The van der Waals surface area contributed by atoms with Crippen LogP contribution >= 0.6 is 11.6 Å². The molecule has 29 heavy (non-hydrogen) atoms. The first-order valence-corrected chi connectivity index (χ1v) is 10.8. The molecule has 0 bridgehead atoms. The average Bonchev–Trinajstić information content (AvgIpc) is 3.14. The molecule has 1 unspecified atom stereocenters. The van der Waals surface area contributed by atoms with Crippen LogP contribution in [-0.4, -0.2) is 35.6 Å². The fourth-order valence-electron chi connectivity index (χ4n) is 3.06. The molecule has 6 nitrogen and oxygen atoms in total. The van der Waals surface area contributed by atoms with E-state index in [-0.39, 0.29) is 23.1 Å². The Kier molecular flexibility index (Phi) is 5.77. The Morgan fingerprint density at radius 2 is 2.07 bits per heavy atom. The van der Waals surface area contributed by atoms with Gasteiger partial charge in [-0.15, -0.1) is 0 Å². The zero-order chi connectivity index (χ0) is 21.4. The fraction of sp³-hybridized carbons (Fsp3) is 0.333. The van der Waals surface area contributed by atoms with E-state index in [1.807, 2.05) is 0 Å². The number of rotatable bonds is 4. The summed E-state index contributed by atoms with van der Waals surface area (Å²) >= 11 is 5.58. The molecule has 2 heterocycles. The van der Waals surface area contributed by atoms with Gasteiger partial charge in [0.15, 0.2) is 9.84 Å². The molecule has 0 saturated carbocycles. The van der Waals surface area contributed by atoms with Crippen molar-refractivity contribution in [1.82, 2.24) is 9.78 Å². The van der Waals surface area contributed by atoms with Crippen LogP contribution < -0.4 is 5.32 Å². The van der Waals surface area contributed by atoms with Gasteiger partial charge in [-0.05, 0) is 37.1 Å². The van der Waals surface area contributed by atoms with Crippen molar-refractivity contribution in [3.63, 3.8) is 0 Å². The number of nitrogens with zero attached hydrogens (tertiary/aromatic N) is 2. The molecular weight excluding hydrogens is 431 g/mol. The van der Waals surface area contributed by atoms with Crippen molar-refractivity contribution in [3.05, 3.63) is 52.2 Å². The van der Waals surface area contributed by atoms with Crippen LogP contribution in [0.15, 0.2) is 30.3 Å². The van der Waals surface area contributed by atoms with Crippen molar-refractivity contribution in [1.29, 1.82) is 0 Å². The van der Waals surface area contributed by atoms with E-state index in [0.29, 0.717) is 17.9 Å². The van der Waals surface area contributed by atoms with Crippen molar-refractivity contribution in [2.45, 2.75) is 25.6 Å². The first-order valence-electron chi connectivity index (χ1n) is 8.57. The standard InChI is InChI=1S/C18H17ClF3N3O3S/c1-11-8-16(25(24-11)13-6-7-29(27,28)10-13)23-17(26)5-3-12-2-4-15(19)14(9-12)18(20,21)22/h2-5,8-9,13H,6-7,10H2,1H3,(H,23,26)/b5-3+. The maximum absolute atomic E-state index is 12.9. The Bertz CT molecular complexity index is 1080. The average molecular weight is 448 g/mol. The molecule has 1 amide bonds. The maximum Gasteiger partial charge on any atom is 0.417 e. The summed E-state index contributed by atoms with van der Waals surface area (Å²) in [7, 11) is -3.14. The Morgan fingerprint density at radius 1 is 1.34 bits per heavy atom. The lowest BCUT2D eigenvalue weighted by Crippen LogP contribution is -2.18. The molecule has 1 saturated heterocycles. The zero-order valence-electron chi connectivity index (χ0n) is 15.2. The van der Waals surface area contributed by atoms with Crippen LogP contribution in [0.4, 0.5) is 19.0 Å². The minimum atomic E-state index is -4.60. The van der Waals surface area contributed by atoms with Gasteiger partial charge in [0.05, 0.1) is 33.8 Å². The number of hydrogen-bond donors (Lipinski definition) is 1. The highest BCUT2D eigenvalue weighted by Gasteiger charge is 2.33. The molecule has 3 rings (SSSR count). The second kappa shape index (κ2) is 7.83. The largest absolute Gasteiger partial charge is 0.417 e. The number of benzene rings is 1. The van der Waals surface area contributed by atoms with Crippen LogP contribution in [0.2, 0.25) is 5.02 Å². The minimum Gasteiger partial charge on any atom is -0.307 e. The molecule has 1 aromatic heterocycles. The molecule has 1 N–H and O–H groups in total. The number of amides is 1. The zero-order valence-corrected chi connectivity index (χ0v) is 16.8. The highest BCUT2D eigenvalue weighted by atomic mass is 35.5. The predicted molar refractivity (Wildman–Crippen MR) is 103 cm³/mol. The van der Waals surface area contributed by atoms with Gasteiger partial charge >= 0.3 is 6.18 Å². The van der Waals surface area contributed by atoms with Crippen LogP contribution in [-0.2, 0) is 20.8 Å². The summed E-state index contributed by atoms with van der Waals surface area (Å²) in [5, 5.41) is 6.42. The van der Waals surface area contributed by atoms with Crippen molar-refractivity contribution in [2.24, 2.45) is 0 Å². The predicted octanol–water partition coefficient (Wildman–Crippen LogP) is 3.88. The Labute approximate surface area is 170 Å². The number of aromatic nitrogens is 2. The smallest absolute Gasteiger partial charge is 0.307 e. The highest BCUT2D eigenvalue weighted by Crippen LogP contribution is 2.35. The summed E-state index contributed by atoms with van der Waals surface area (Å²) in [4.78, 5) is 12.2. The number of carbonyl (C=O) groups excluding carboxylic acids is 1. The van der Waals surface area contributed by atoms with Crippen molar-refractivity contribution < 1.29 is 26.4 Å². The van der Waals surface area contributed by atoms with Crippen LogP contribution in [0, 0.1) is 6.92 Å². The van der Waals surface area contributed by atoms with Gasteiger partial charge in [0.2, 0.25) is 5.91 Å². The third-order valence-corrected chi connectivity index (χ3v) is 6.47. The molecule has 156 valence electrons. The molecule has 0 radical (unpaired) electrons. The van der Waals surface area contributed by atoms with Gasteiger partial charge in [0, 0.05) is 12.1 Å². The third kappa shape index (κ3) is 5.18. The number of anilines is 1. The summed E-state index contributed by atoms with van der Waals surface area (Å²) in [5.74, 6) is -0.262. The van der Waals surface area contributed by atoms with Crippen LogP contribution in [0.1, 0.15) is 29.3 Å². The van der Waals surface area contributed by atoms with Gasteiger partial charge in [0.1, 0.15) is 5.82 Å². The van der Waals surface area contributed by atoms with Gasteiger partial charge in [-0.1, -0.05) is 17.7 Å². The summed E-state index contributed by atoms with van der Waals surface area (Å²) in [6.45, 7) is 1.71. The number of alkyl halides is 3. The lowest BCUT2D eigenvalue weighted by molar-refractivity contribution is -0.137. The molecule has 11 heteroatoms. The minimum absolute atomic E-state index is 0.0575.